The van der Waals surface area contributed by atoms with Crippen molar-refractivity contribution in [3.63, 3.8) is 0 Å². The summed E-state index contributed by atoms with van der Waals surface area (Å²) in [4.78, 5) is 26.6. The number of hydrogen-bond donors (Lipinski definition) is 2. The average Bonchev–Trinajstić information content (AvgIpc) is 3.20. The van der Waals surface area contributed by atoms with Crippen LogP contribution in [0.1, 0.15) is 61.7 Å². The van der Waals surface area contributed by atoms with Crippen LogP contribution >= 0.6 is 12.4 Å². The molecule has 1 aliphatic carbocycles. The molecule has 1 unspecified atom stereocenters. The zero-order valence-corrected chi connectivity index (χ0v) is 17.0. The van der Waals surface area contributed by atoms with Gasteiger partial charge in [0.05, 0.1) is 0 Å². The second kappa shape index (κ2) is 10.7. The summed E-state index contributed by atoms with van der Waals surface area (Å²) in [6, 6.07) is 7.66. The summed E-state index contributed by atoms with van der Waals surface area (Å²) in [6.07, 6.45) is 8.57. The second-order valence-corrected chi connectivity index (χ2v) is 7.73. The van der Waals surface area contributed by atoms with E-state index in [4.69, 9.17) is 0 Å². The molecule has 2 fully saturated rings. The Hall–Kier alpha value is -1.59. The van der Waals surface area contributed by atoms with E-state index in [1.54, 1.807) is 0 Å². The van der Waals surface area contributed by atoms with Crippen molar-refractivity contribution >= 4 is 29.9 Å². The van der Waals surface area contributed by atoms with Gasteiger partial charge in [-0.1, -0.05) is 19.3 Å². The fraction of sp³-hybridized carbons (Fsp3) is 0.619. The third kappa shape index (κ3) is 6.22. The molecule has 27 heavy (non-hydrogen) atoms. The first-order chi connectivity index (χ1) is 12.6. The molecule has 0 radical (unpaired) electrons. The zero-order valence-electron chi connectivity index (χ0n) is 16.2. The minimum Gasteiger partial charge on any atom is -0.339 e. The van der Waals surface area contributed by atoms with Gasteiger partial charge < -0.3 is 15.5 Å². The van der Waals surface area contributed by atoms with Crippen molar-refractivity contribution in [3.8, 4) is 0 Å². The summed E-state index contributed by atoms with van der Waals surface area (Å²) < 4.78 is 0. The summed E-state index contributed by atoms with van der Waals surface area (Å²) in [7, 11) is 1.91. The van der Waals surface area contributed by atoms with E-state index in [2.05, 4.69) is 10.6 Å². The number of rotatable bonds is 6. The molecule has 1 aromatic rings. The van der Waals surface area contributed by atoms with Gasteiger partial charge >= 0.3 is 0 Å². The van der Waals surface area contributed by atoms with Gasteiger partial charge in [-0.05, 0) is 69.0 Å². The van der Waals surface area contributed by atoms with Crippen molar-refractivity contribution in [2.75, 3.05) is 25.5 Å². The van der Waals surface area contributed by atoms with Crippen LogP contribution in [0.2, 0.25) is 0 Å². The van der Waals surface area contributed by atoms with E-state index in [1.165, 1.54) is 25.7 Å². The molecule has 6 heteroatoms. The molecule has 1 atom stereocenters. The van der Waals surface area contributed by atoms with Crippen LogP contribution in [0.4, 0.5) is 5.69 Å². The van der Waals surface area contributed by atoms with Crippen LogP contribution in [0.5, 0.6) is 0 Å². The van der Waals surface area contributed by atoms with Gasteiger partial charge in [-0.25, -0.2) is 0 Å². The standard InChI is InChI=1S/C21H31N3O2.ClH/c1-24(19-5-3-2-4-6-19)21(26)17-8-10-18(11-9-17)23-20(25)12-7-16-13-14-22-15-16;/h8-11,16,19,22H,2-7,12-15H2,1H3,(H,23,25);1H. The molecule has 0 aromatic heterocycles. The lowest BCUT2D eigenvalue weighted by Gasteiger charge is -2.31. The molecule has 5 nitrogen and oxygen atoms in total. The Kier molecular flexibility index (Phi) is 8.58. The van der Waals surface area contributed by atoms with Crippen molar-refractivity contribution in [2.24, 2.45) is 5.92 Å². The molecular formula is C21H32ClN3O2. The summed E-state index contributed by atoms with van der Waals surface area (Å²) in [5, 5.41) is 6.27. The van der Waals surface area contributed by atoms with E-state index in [1.807, 2.05) is 36.2 Å². The lowest BCUT2D eigenvalue weighted by atomic mass is 9.94. The van der Waals surface area contributed by atoms with Gasteiger partial charge in [-0.15, -0.1) is 12.4 Å². The Morgan fingerprint density at radius 3 is 2.44 bits per heavy atom. The maximum Gasteiger partial charge on any atom is 0.253 e. The van der Waals surface area contributed by atoms with Crippen molar-refractivity contribution in [3.05, 3.63) is 29.8 Å². The first-order valence-electron chi connectivity index (χ1n) is 10.0. The van der Waals surface area contributed by atoms with E-state index >= 15 is 0 Å². The van der Waals surface area contributed by atoms with Crippen LogP contribution in [-0.2, 0) is 4.79 Å². The Labute approximate surface area is 168 Å². The van der Waals surface area contributed by atoms with E-state index < -0.39 is 0 Å². The SMILES string of the molecule is CN(C(=O)c1ccc(NC(=O)CCC2CCNC2)cc1)C1CCCCC1.Cl. The quantitative estimate of drug-likeness (QED) is 0.771. The van der Waals surface area contributed by atoms with Gasteiger partial charge in [0.25, 0.3) is 5.91 Å². The predicted molar refractivity (Wildman–Crippen MR) is 111 cm³/mol. The van der Waals surface area contributed by atoms with E-state index in [-0.39, 0.29) is 24.2 Å². The third-order valence-electron chi connectivity index (χ3n) is 5.80. The second-order valence-electron chi connectivity index (χ2n) is 7.73. The molecule has 2 N–H and O–H groups in total. The van der Waals surface area contributed by atoms with E-state index in [9.17, 15) is 9.59 Å². The van der Waals surface area contributed by atoms with Gasteiger partial charge in [0, 0.05) is 30.8 Å². The van der Waals surface area contributed by atoms with Gasteiger partial charge in [-0.3, -0.25) is 9.59 Å². The fourth-order valence-corrected chi connectivity index (χ4v) is 4.05. The van der Waals surface area contributed by atoms with Crippen molar-refractivity contribution in [1.29, 1.82) is 0 Å². The molecule has 2 amide bonds. The van der Waals surface area contributed by atoms with Crippen LogP contribution in [0.3, 0.4) is 0 Å². The topological polar surface area (TPSA) is 61.4 Å². The Bertz CT molecular complexity index is 608. The first kappa shape index (κ1) is 21.7. The predicted octanol–water partition coefficient (Wildman–Crippen LogP) is 3.84. The average molecular weight is 394 g/mol. The van der Waals surface area contributed by atoms with Crippen molar-refractivity contribution in [1.82, 2.24) is 10.2 Å². The van der Waals surface area contributed by atoms with Gasteiger partial charge in [-0.2, -0.15) is 0 Å². The highest BCUT2D eigenvalue weighted by Gasteiger charge is 2.23. The Morgan fingerprint density at radius 1 is 1.11 bits per heavy atom. The number of benzene rings is 1. The maximum absolute atomic E-state index is 12.7. The molecule has 150 valence electrons. The van der Waals surface area contributed by atoms with Crippen LogP contribution in [-0.4, -0.2) is 42.9 Å². The van der Waals surface area contributed by atoms with Gasteiger partial charge in [0.1, 0.15) is 0 Å². The Balaban J connectivity index is 0.00000261. The summed E-state index contributed by atoms with van der Waals surface area (Å²) in [6.45, 7) is 2.09. The molecule has 1 aromatic carbocycles. The normalized spacial score (nSPS) is 20.0. The highest BCUT2D eigenvalue weighted by atomic mass is 35.5. The number of carbonyl (C=O) groups is 2. The van der Waals surface area contributed by atoms with Crippen LogP contribution in [0.15, 0.2) is 24.3 Å². The van der Waals surface area contributed by atoms with E-state index in [0.717, 1.165) is 38.0 Å². The zero-order chi connectivity index (χ0) is 18.4. The number of halogens is 1. The number of hydrogen-bond acceptors (Lipinski definition) is 3. The third-order valence-corrected chi connectivity index (χ3v) is 5.80. The smallest absolute Gasteiger partial charge is 0.253 e. The fourth-order valence-electron chi connectivity index (χ4n) is 4.05. The number of amides is 2. The lowest BCUT2D eigenvalue weighted by Crippen LogP contribution is -2.38. The molecule has 1 heterocycles. The molecule has 1 aliphatic heterocycles. The molecule has 0 bridgehead atoms. The van der Waals surface area contributed by atoms with Crippen molar-refractivity contribution in [2.45, 2.75) is 57.4 Å². The minimum absolute atomic E-state index is 0. The molecule has 1 saturated heterocycles. The highest BCUT2D eigenvalue weighted by Crippen LogP contribution is 2.23. The number of anilines is 1. The molecule has 2 aliphatic rings. The molecule has 1 saturated carbocycles. The lowest BCUT2D eigenvalue weighted by molar-refractivity contribution is -0.116. The van der Waals surface area contributed by atoms with Gasteiger partial charge in [0.15, 0.2) is 0 Å². The largest absolute Gasteiger partial charge is 0.339 e. The van der Waals surface area contributed by atoms with Crippen LogP contribution in [0, 0.1) is 5.92 Å². The summed E-state index contributed by atoms with van der Waals surface area (Å²) in [5.74, 6) is 0.745. The Morgan fingerprint density at radius 2 is 1.81 bits per heavy atom. The number of nitrogens with one attached hydrogen (secondary N) is 2. The van der Waals surface area contributed by atoms with Crippen LogP contribution < -0.4 is 10.6 Å². The molecular weight excluding hydrogens is 362 g/mol. The van der Waals surface area contributed by atoms with Gasteiger partial charge in [0.2, 0.25) is 5.91 Å². The van der Waals surface area contributed by atoms with E-state index in [0.29, 0.717) is 23.9 Å². The number of nitrogens with zero attached hydrogens (tertiary/aromatic N) is 1. The highest BCUT2D eigenvalue weighted by molar-refractivity contribution is 5.95. The van der Waals surface area contributed by atoms with Crippen molar-refractivity contribution < 1.29 is 9.59 Å². The first-order valence-corrected chi connectivity index (χ1v) is 10.0. The molecule has 0 spiro atoms. The molecule has 3 rings (SSSR count). The summed E-state index contributed by atoms with van der Waals surface area (Å²) in [5.41, 5.74) is 1.45. The maximum atomic E-state index is 12.7. The summed E-state index contributed by atoms with van der Waals surface area (Å²) >= 11 is 0. The monoisotopic (exact) mass is 393 g/mol. The minimum atomic E-state index is 0. The number of carbonyl (C=O) groups excluding carboxylic acids is 2. The van der Waals surface area contributed by atoms with Crippen LogP contribution in [0.25, 0.3) is 0 Å².